The van der Waals surface area contributed by atoms with E-state index in [1.54, 1.807) is 0 Å². The second-order valence-corrected chi connectivity index (χ2v) is 6.10. The highest BCUT2D eigenvalue weighted by atomic mass is 15.2. The van der Waals surface area contributed by atoms with Crippen molar-refractivity contribution in [1.82, 2.24) is 15.2 Å². The van der Waals surface area contributed by atoms with Gasteiger partial charge in [0.2, 0.25) is 0 Å². The second-order valence-electron chi connectivity index (χ2n) is 6.10. The van der Waals surface area contributed by atoms with Crippen molar-refractivity contribution in [2.24, 2.45) is 0 Å². The van der Waals surface area contributed by atoms with E-state index < -0.39 is 0 Å². The molecule has 0 bridgehead atoms. The van der Waals surface area contributed by atoms with Gasteiger partial charge in [-0.3, -0.25) is 9.88 Å². The summed E-state index contributed by atoms with van der Waals surface area (Å²) < 4.78 is 0. The summed E-state index contributed by atoms with van der Waals surface area (Å²) in [4.78, 5) is 6.88. The Morgan fingerprint density at radius 1 is 1.44 bits per heavy atom. The summed E-state index contributed by atoms with van der Waals surface area (Å²) in [5, 5.41) is 3.63. The van der Waals surface area contributed by atoms with E-state index in [1.165, 1.54) is 17.5 Å². The molecule has 1 aliphatic heterocycles. The van der Waals surface area contributed by atoms with Crippen molar-refractivity contribution in [2.45, 2.75) is 52.2 Å². The van der Waals surface area contributed by atoms with Gasteiger partial charge in [0.1, 0.15) is 0 Å². The molecule has 0 aromatic carbocycles. The van der Waals surface area contributed by atoms with Crippen LogP contribution in [0.3, 0.4) is 0 Å². The maximum absolute atomic E-state index is 4.29. The topological polar surface area (TPSA) is 28.2 Å². The molecule has 0 aliphatic carbocycles. The van der Waals surface area contributed by atoms with Gasteiger partial charge in [-0.1, -0.05) is 13.0 Å². The van der Waals surface area contributed by atoms with Gasteiger partial charge in [0, 0.05) is 43.6 Å². The highest BCUT2D eigenvalue weighted by Gasteiger charge is 2.31. The number of nitrogens with zero attached hydrogens (tertiary/aromatic N) is 2. The van der Waals surface area contributed by atoms with Gasteiger partial charge in [0.25, 0.3) is 0 Å². The molecule has 2 heterocycles. The lowest BCUT2D eigenvalue weighted by Crippen LogP contribution is -2.60. The Balaban J connectivity index is 2.09. The van der Waals surface area contributed by atoms with E-state index in [1.807, 2.05) is 12.4 Å². The molecule has 1 unspecified atom stereocenters. The molecule has 0 saturated carbocycles. The van der Waals surface area contributed by atoms with Gasteiger partial charge in [0.15, 0.2) is 0 Å². The first-order chi connectivity index (χ1) is 8.50. The van der Waals surface area contributed by atoms with Crippen molar-refractivity contribution < 1.29 is 0 Å². The van der Waals surface area contributed by atoms with Crippen molar-refractivity contribution in [3.05, 3.63) is 29.6 Å². The Kier molecular flexibility index (Phi) is 4.03. The molecule has 100 valence electrons. The minimum atomic E-state index is 0.211. The first-order valence-electron chi connectivity index (χ1n) is 6.90. The minimum absolute atomic E-state index is 0.211. The zero-order chi connectivity index (χ0) is 13.2. The Morgan fingerprint density at radius 2 is 2.22 bits per heavy atom. The Bertz CT molecular complexity index is 400. The molecule has 0 radical (unpaired) electrons. The van der Waals surface area contributed by atoms with Gasteiger partial charge in [-0.25, -0.2) is 0 Å². The molecule has 1 fully saturated rings. The Hall–Kier alpha value is -0.930. The van der Waals surface area contributed by atoms with Crippen LogP contribution in [0.1, 0.15) is 38.3 Å². The third kappa shape index (κ3) is 3.30. The predicted molar refractivity (Wildman–Crippen MR) is 75.5 cm³/mol. The molecule has 3 heteroatoms. The summed E-state index contributed by atoms with van der Waals surface area (Å²) in [5.41, 5.74) is 2.78. The fourth-order valence-corrected chi connectivity index (χ4v) is 2.74. The number of rotatable bonds is 3. The Morgan fingerprint density at radius 3 is 2.89 bits per heavy atom. The third-order valence-electron chi connectivity index (χ3n) is 3.72. The molecule has 3 nitrogen and oxygen atoms in total. The smallest absolute Gasteiger partial charge is 0.0313 e. The maximum atomic E-state index is 4.29. The van der Waals surface area contributed by atoms with Crippen LogP contribution < -0.4 is 5.32 Å². The van der Waals surface area contributed by atoms with Gasteiger partial charge in [-0.05, 0) is 38.3 Å². The molecule has 1 aliphatic rings. The molecule has 1 aromatic heterocycles. The van der Waals surface area contributed by atoms with Crippen molar-refractivity contribution >= 4 is 0 Å². The molecule has 1 atom stereocenters. The maximum Gasteiger partial charge on any atom is 0.0313 e. The normalized spacial score (nSPS) is 24.1. The Labute approximate surface area is 111 Å². The number of nitrogens with one attached hydrogen (secondary N) is 1. The van der Waals surface area contributed by atoms with Crippen molar-refractivity contribution in [1.29, 1.82) is 0 Å². The van der Waals surface area contributed by atoms with Crippen molar-refractivity contribution in [2.75, 3.05) is 13.1 Å². The van der Waals surface area contributed by atoms with Crippen LogP contribution in [-0.2, 0) is 6.54 Å². The lowest BCUT2D eigenvalue weighted by atomic mass is 9.97. The number of aromatic nitrogens is 1. The third-order valence-corrected chi connectivity index (χ3v) is 3.72. The first kappa shape index (κ1) is 13.5. The quantitative estimate of drug-likeness (QED) is 0.888. The second kappa shape index (κ2) is 5.37. The van der Waals surface area contributed by atoms with E-state index in [0.29, 0.717) is 6.04 Å². The largest absolute Gasteiger partial charge is 0.309 e. The van der Waals surface area contributed by atoms with Crippen LogP contribution in [0, 0.1) is 6.92 Å². The van der Waals surface area contributed by atoms with E-state index in [0.717, 1.165) is 19.6 Å². The van der Waals surface area contributed by atoms with E-state index in [4.69, 9.17) is 0 Å². The lowest BCUT2D eigenvalue weighted by Gasteiger charge is -2.44. The van der Waals surface area contributed by atoms with Gasteiger partial charge in [-0.15, -0.1) is 0 Å². The van der Waals surface area contributed by atoms with Crippen LogP contribution in [0.25, 0.3) is 0 Å². The number of hydrogen-bond donors (Lipinski definition) is 1. The average molecular weight is 247 g/mol. The number of aryl methyl sites for hydroxylation is 1. The molecule has 0 spiro atoms. The number of hydrogen-bond acceptors (Lipinski definition) is 3. The van der Waals surface area contributed by atoms with Crippen LogP contribution in [-0.4, -0.2) is 34.6 Å². The minimum Gasteiger partial charge on any atom is -0.309 e. The molecule has 1 aromatic rings. The summed E-state index contributed by atoms with van der Waals surface area (Å²) in [5.74, 6) is 0. The zero-order valence-corrected chi connectivity index (χ0v) is 12.0. The highest BCUT2D eigenvalue weighted by molar-refractivity contribution is 5.17. The fraction of sp³-hybridized carbons (Fsp3) is 0.667. The highest BCUT2D eigenvalue weighted by Crippen LogP contribution is 2.19. The lowest BCUT2D eigenvalue weighted by molar-refractivity contribution is 0.0857. The number of pyridine rings is 1. The molecule has 1 N–H and O–H groups in total. The summed E-state index contributed by atoms with van der Waals surface area (Å²) in [7, 11) is 0. The molecule has 1 saturated heterocycles. The van der Waals surface area contributed by atoms with E-state index in [-0.39, 0.29) is 5.54 Å². The van der Waals surface area contributed by atoms with E-state index >= 15 is 0 Å². The standard InChI is InChI=1S/C15H25N3/c1-5-14-9-17-15(3,4)11-18(14)10-13-6-12(2)7-16-8-13/h6-8,14,17H,5,9-11H2,1-4H3. The number of piperazine rings is 1. The van der Waals surface area contributed by atoms with E-state index in [2.05, 4.69) is 49.0 Å². The SMILES string of the molecule is CCC1CNC(C)(C)CN1Cc1cncc(C)c1. The zero-order valence-electron chi connectivity index (χ0n) is 12.0. The summed E-state index contributed by atoms with van der Waals surface area (Å²) in [6.45, 7) is 12.1. The van der Waals surface area contributed by atoms with Gasteiger partial charge in [-0.2, -0.15) is 0 Å². The summed E-state index contributed by atoms with van der Waals surface area (Å²) in [6.07, 6.45) is 5.11. The van der Waals surface area contributed by atoms with Gasteiger partial charge in [0.05, 0.1) is 0 Å². The summed E-state index contributed by atoms with van der Waals surface area (Å²) >= 11 is 0. The first-order valence-corrected chi connectivity index (χ1v) is 6.90. The van der Waals surface area contributed by atoms with Crippen LogP contribution in [0.15, 0.2) is 18.5 Å². The summed E-state index contributed by atoms with van der Waals surface area (Å²) in [6, 6.07) is 2.88. The van der Waals surface area contributed by atoms with Crippen LogP contribution in [0.5, 0.6) is 0 Å². The van der Waals surface area contributed by atoms with Crippen molar-refractivity contribution in [3.8, 4) is 0 Å². The van der Waals surface area contributed by atoms with Crippen LogP contribution in [0.2, 0.25) is 0 Å². The average Bonchev–Trinajstić information content (AvgIpc) is 2.28. The van der Waals surface area contributed by atoms with Gasteiger partial charge >= 0.3 is 0 Å². The molecular formula is C15H25N3. The fourth-order valence-electron chi connectivity index (χ4n) is 2.74. The van der Waals surface area contributed by atoms with Crippen molar-refractivity contribution in [3.63, 3.8) is 0 Å². The molecular weight excluding hydrogens is 222 g/mol. The van der Waals surface area contributed by atoms with Crippen LogP contribution >= 0.6 is 0 Å². The molecule has 2 rings (SSSR count). The van der Waals surface area contributed by atoms with Gasteiger partial charge < -0.3 is 5.32 Å². The molecule has 18 heavy (non-hydrogen) atoms. The predicted octanol–water partition coefficient (Wildman–Crippen LogP) is 2.35. The monoisotopic (exact) mass is 247 g/mol. The van der Waals surface area contributed by atoms with Crippen LogP contribution in [0.4, 0.5) is 0 Å². The van der Waals surface area contributed by atoms with E-state index in [9.17, 15) is 0 Å². The molecule has 0 amide bonds.